The molecule has 0 aliphatic carbocycles. The van der Waals surface area contributed by atoms with Crippen LogP contribution < -0.4 is 5.32 Å². The second-order valence-electron chi connectivity index (χ2n) is 5.65. The zero-order valence-corrected chi connectivity index (χ0v) is 11.7. The van der Waals surface area contributed by atoms with Crippen molar-refractivity contribution in [2.24, 2.45) is 0 Å². The lowest BCUT2D eigenvalue weighted by atomic mass is 9.87. The van der Waals surface area contributed by atoms with Gasteiger partial charge in [-0.1, -0.05) is 32.9 Å². The average molecular weight is 235 g/mol. The quantitative estimate of drug-likeness (QED) is 0.837. The molecule has 0 aliphatic rings. The summed E-state index contributed by atoms with van der Waals surface area (Å²) >= 11 is 0. The summed E-state index contributed by atoms with van der Waals surface area (Å²) in [7, 11) is 1.74. The molecule has 0 heterocycles. The Balaban J connectivity index is 2.56. The van der Waals surface area contributed by atoms with Gasteiger partial charge in [0.2, 0.25) is 0 Å². The first-order chi connectivity index (χ1) is 7.93. The smallest absolute Gasteiger partial charge is 0.0481 e. The predicted molar refractivity (Wildman–Crippen MR) is 74.7 cm³/mol. The van der Waals surface area contributed by atoms with E-state index in [-0.39, 0.29) is 5.41 Å². The first-order valence-electron chi connectivity index (χ1n) is 6.29. The second-order valence-corrected chi connectivity index (χ2v) is 5.65. The maximum Gasteiger partial charge on any atom is 0.0481 e. The molecule has 0 bridgehead atoms. The van der Waals surface area contributed by atoms with Crippen LogP contribution in [0.5, 0.6) is 0 Å². The topological polar surface area (TPSA) is 21.3 Å². The number of nitrogens with one attached hydrogen (secondary N) is 1. The number of hydrogen-bond donors (Lipinski definition) is 1. The highest BCUT2D eigenvalue weighted by atomic mass is 16.5. The first kappa shape index (κ1) is 14.0. The van der Waals surface area contributed by atoms with Gasteiger partial charge in [-0.25, -0.2) is 0 Å². The molecule has 2 nitrogen and oxygen atoms in total. The Morgan fingerprint density at radius 3 is 2.24 bits per heavy atom. The van der Waals surface area contributed by atoms with E-state index in [9.17, 15) is 0 Å². The number of methoxy groups -OCH3 is 1. The molecule has 0 radical (unpaired) electrons. The van der Waals surface area contributed by atoms with Crippen LogP contribution in [0.15, 0.2) is 24.3 Å². The van der Waals surface area contributed by atoms with Gasteiger partial charge in [0.05, 0.1) is 0 Å². The van der Waals surface area contributed by atoms with Crippen LogP contribution in [0.1, 0.15) is 39.7 Å². The lowest BCUT2D eigenvalue weighted by Gasteiger charge is -2.20. The summed E-state index contributed by atoms with van der Waals surface area (Å²) < 4.78 is 5.07. The van der Waals surface area contributed by atoms with E-state index in [1.807, 2.05) is 0 Å². The standard InChI is InChI=1S/C15H25NO/c1-12(10-11-17-5)16-14-8-6-13(7-9-14)15(2,3)4/h6-9,12,16H,10-11H2,1-5H3. The van der Waals surface area contributed by atoms with E-state index in [0.29, 0.717) is 6.04 Å². The average Bonchev–Trinajstić information content (AvgIpc) is 2.26. The minimum atomic E-state index is 0.222. The van der Waals surface area contributed by atoms with E-state index in [4.69, 9.17) is 4.74 Å². The van der Waals surface area contributed by atoms with Gasteiger partial charge in [0.1, 0.15) is 0 Å². The van der Waals surface area contributed by atoms with Crippen molar-refractivity contribution in [2.45, 2.75) is 45.6 Å². The van der Waals surface area contributed by atoms with Crippen LogP contribution >= 0.6 is 0 Å². The molecule has 0 spiro atoms. The Morgan fingerprint density at radius 1 is 1.18 bits per heavy atom. The summed E-state index contributed by atoms with van der Waals surface area (Å²) in [6.45, 7) is 9.68. The normalized spacial score (nSPS) is 13.5. The highest BCUT2D eigenvalue weighted by Gasteiger charge is 2.12. The van der Waals surface area contributed by atoms with Crippen molar-refractivity contribution in [1.82, 2.24) is 0 Å². The van der Waals surface area contributed by atoms with E-state index in [1.54, 1.807) is 7.11 Å². The minimum Gasteiger partial charge on any atom is -0.385 e. The molecule has 0 saturated carbocycles. The Labute approximate surface area is 105 Å². The molecule has 1 unspecified atom stereocenters. The fourth-order valence-electron chi connectivity index (χ4n) is 1.72. The highest BCUT2D eigenvalue weighted by Crippen LogP contribution is 2.23. The molecule has 0 fully saturated rings. The van der Waals surface area contributed by atoms with Crippen molar-refractivity contribution >= 4 is 5.69 Å². The molecule has 1 aromatic carbocycles. The maximum atomic E-state index is 5.07. The molecular weight excluding hydrogens is 210 g/mol. The van der Waals surface area contributed by atoms with Gasteiger partial charge in [0.15, 0.2) is 0 Å². The number of benzene rings is 1. The number of anilines is 1. The van der Waals surface area contributed by atoms with Gasteiger partial charge in [-0.3, -0.25) is 0 Å². The van der Waals surface area contributed by atoms with Crippen LogP contribution in [-0.4, -0.2) is 19.8 Å². The lowest BCUT2D eigenvalue weighted by Crippen LogP contribution is -2.17. The van der Waals surface area contributed by atoms with Crippen molar-refractivity contribution in [1.29, 1.82) is 0 Å². The summed E-state index contributed by atoms with van der Waals surface area (Å²) in [5, 5.41) is 3.48. The van der Waals surface area contributed by atoms with Gasteiger partial charge < -0.3 is 10.1 Å². The molecule has 1 N–H and O–H groups in total. The van der Waals surface area contributed by atoms with Crippen LogP contribution in [0.25, 0.3) is 0 Å². The monoisotopic (exact) mass is 235 g/mol. The van der Waals surface area contributed by atoms with E-state index >= 15 is 0 Å². The largest absolute Gasteiger partial charge is 0.385 e. The third-order valence-corrected chi connectivity index (χ3v) is 2.92. The SMILES string of the molecule is COCCC(C)Nc1ccc(C(C)(C)C)cc1. The van der Waals surface area contributed by atoms with Crippen molar-refractivity contribution < 1.29 is 4.74 Å². The zero-order valence-electron chi connectivity index (χ0n) is 11.7. The van der Waals surface area contributed by atoms with Crippen LogP contribution in [0, 0.1) is 0 Å². The minimum absolute atomic E-state index is 0.222. The molecule has 0 aromatic heterocycles. The molecule has 0 amide bonds. The summed E-state index contributed by atoms with van der Waals surface area (Å²) in [5.41, 5.74) is 2.77. The maximum absolute atomic E-state index is 5.07. The molecule has 1 atom stereocenters. The molecule has 1 rings (SSSR count). The predicted octanol–water partition coefficient (Wildman–Crippen LogP) is 3.82. The van der Waals surface area contributed by atoms with Gasteiger partial charge in [0.25, 0.3) is 0 Å². The van der Waals surface area contributed by atoms with E-state index in [0.717, 1.165) is 13.0 Å². The Hall–Kier alpha value is -1.02. The summed E-state index contributed by atoms with van der Waals surface area (Å²) in [5.74, 6) is 0. The van der Waals surface area contributed by atoms with Crippen LogP contribution in [-0.2, 0) is 10.2 Å². The van der Waals surface area contributed by atoms with Crippen LogP contribution in [0.2, 0.25) is 0 Å². The fourth-order valence-corrected chi connectivity index (χ4v) is 1.72. The number of ether oxygens (including phenoxy) is 1. The van der Waals surface area contributed by atoms with Crippen molar-refractivity contribution in [3.05, 3.63) is 29.8 Å². The van der Waals surface area contributed by atoms with E-state index in [1.165, 1.54) is 11.3 Å². The van der Waals surface area contributed by atoms with Crippen LogP contribution in [0.3, 0.4) is 0 Å². The highest BCUT2D eigenvalue weighted by molar-refractivity contribution is 5.46. The third kappa shape index (κ3) is 4.78. The second kappa shape index (κ2) is 6.06. The zero-order chi connectivity index (χ0) is 12.9. The van der Waals surface area contributed by atoms with E-state index in [2.05, 4.69) is 57.3 Å². The summed E-state index contributed by atoms with van der Waals surface area (Å²) in [6.07, 6.45) is 1.03. The molecule has 1 aromatic rings. The number of rotatable bonds is 5. The van der Waals surface area contributed by atoms with Gasteiger partial charge >= 0.3 is 0 Å². The van der Waals surface area contributed by atoms with Crippen molar-refractivity contribution in [3.63, 3.8) is 0 Å². The van der Waals surface area contributed by atoms with Gasteiger partial charge in [-0.2, -0.15) is 0 Å². The van der Waals surface area contributed by atoms with Gasteiger partial charge in [-0.05, 0) is 36.5 Å². The molecule has 0 saturated heterocycles. The molecule has 0 aliphatic heterocycles. The first-order valence-corrected chi connectivity index (χ1v) is 6.29. The van der Waals surface area contributed by atoms with E-state index < -0.39 is 0 Å². The molecule has 17 heavy (non-hydrogen) atoms. The fraction of sp³-hybridized carbons (Fsp3) is 0.600. The third-order valence-electron chi connectivity index (χ3n) is 2.92. The Morgan fingerprint density at radius 2 is 1.76 bits per heavy atom. The van der Waals surface area contributed by atoms with Gasteiger partial charge in [-0.15, -0.1) is 0 Å². The van der Waals surface area contributed by atoms with Crippen molar-refractivity contribution in [2.75, 3.05) is 19.0 Å². The summed E-state index contributed by atoms with van der Waals surface area (Å²) in [4.78, 5) is 0. The van der Waals surface area contributed by atoms with Crippen LogP contribution in [0.4, 0.5) is 5.69 Å². The number of hydrogen-bond acceptors (Lipinski definition) is 2. The molecule has 2 heteroatoms. The van der Waals surface area contributed by atoms with Crippen molar-refractivity contribution in [3.8, 4) is 0 Å². The molecule has 96 valence electrons. The lowest BCUT2D eigenvalue weighted by molar-refractivity contribution is 0.191. The Kier molecular flexibility index (Phi) is 5.01. The van der Waals surface area contributed by atoms with Gasteiger partial charge in [0, 0.05) is 25.4 Å². The summed E-state index contributed by atoms with van der Waals surface area (Å²) in [6, 6.07) is 9.15. The molecular formula is C15H25NO. The Bertz CT molecular complexity index is 324.